The Kier molecular flexibility index (Phi) is 3.70. The largest absolute Gasteiger partial charge is 0.351 e. The van der Waals surface area contributed by atoms with E-state index in [1.165, 1.54) is 5.69 Å². The number of ketones is 1. The molecule has 0 radical (unpaired) electrons. The summed E-state index contributed by atoms with van der Waals surface area (Å²) in [5.74, 6) is 0.304. The third kappa shape index (κ3) is 3.09. The number of aromatic nitrogens is 3. The summed E-state index contributed by atoms with van der Waals surface area (Å²) in [6.45, 7) is 6.37. The number of unbranched alkanes of at least 4 members (excludes halogenated alkanes) is 1. The van der Waals surface area contributed by atoms with Crippen molar-refractivity contribution >= 4 is 5.78 Å². The molecule has 0 spiro atoms. The van der Waals surface area contributed by atoms with E-state index in [1.807, 2.05) is 24.8 Å². The van der Waals surface area contributed by atoms with Gasteiger partial charge in [0.05, 0.1) is 6.33 Å². The van der Waals surface area contributed by atoms with Gasteiger partial charge >= 0.3 is 0 Å². The maximum Gasteiger partial charge on any atom is 0.165 e. The van der Waals surface area contributed by atoms with Gasteiger partial charge in [-0.25, -0.2) is 4.98 Å². The van der Waals surface area contributed by atoms with Crippen molar-refractivity contribution in [2.24, 2.45) is 5.41 Å². The Balaban J connectivity index is 1.61. The predicted molar refractivity (Wildman–Crippen MR) is 82.3 cm³/mol. The number of hydrogen-bond donors (Lipinski definition) is 0. The lowest BCUT2D eigenvalue weighted by Crippen LogP contribution is -2.28. The first-order valence-corrected chi connectivity index (χ1v) is 7.72. The van der Waals surface area contributed by atoms with Crippen LogP contribution >= 0.6 is 0 Å². The van der Waals surface area contributed by atoms with E-state index < -0.39 is 0 Å². The topological polar surface area (TPSA) is 39.8 Å². The molecule has 3 rings (SSSR count). The van der Waals surface area contributed by atoms with Crippen molar-refractivity contribution in [3.63, 3.8) is 0 Å². The number of Topliss-reactive ketones (excluding diaryl/α,β-unsaturated/α-hetero) is 1. The number of imidazole rings is 1. The number of nitrogens with zero attached hydrogens (tertiary/aromatic N) is 3. The minimum absolute atomic E-state index is 0.0942. The first kappa shape index (κ1) is 14.1. The number of fused-ring (bicyclic) bond motifs is 1. The second-order valence-electron chi connectivity index (χ2n) is 6.82. The number of aryl methyl sites for hydroxylation is 2. The zero-order chi connectivity index (χ0) is 14.9. The van der Waals surface area contributed by atoms with Crippen LogP contribution in [0.4, 0.5) is 0 Å². The van der Waals surface area contributed by atoms with Crippen molar-refractivity contribution in [3.8, 4) is 0 Å². The van der Waals surface area contributed by atoms with Crippen LogP contribution in [0.1, 0.15) is 49.2 Å². The van der Waals surface area contributed by atoms with Crippen LogP contribution in [-0.4, -0.2) is 19.9 Å². The fraction of sp³-hybridized carbons (Fsp3) is 0.529. The minimum atomic E-state index is 0.0942. The normalized spacial score (nSPS) is 17.0. The smallest absolute Gasteiger partial charge is 0.165 e. The monoisotopic (exact) mass is 285 g/mol. The Morgan fingerprint density at radius 3 is 2.76 bits per heavy atom. The highest BCUT2D eigenvalue weighted by Gasteiger charge is 2.32. The van der Waals surface area contributed by atoms with Crippen LogP contribution in [0, 0.1) is 5.41 Å². The van der Waals surface area contributed by atoms with Crippen molar-refractivity contribution in [2.45, 2.75) is 52.6 Å². The Bertz CT molecular complexity index is 623. The molecule has 0 saturated carbocycles. The average molecular weight is 285 g/mol. The minimum Gasteiger partial charge on any atom is -0.351 e. The zero-order valence-electron chi connectivity index (χ0n) is 12.9. The summed E-state index contributed by atoms with van der Waals surface area (Å²) in [6.07, 6.45) is 11.7. The molecule has 0 amide bonds. The summed E-state index contributed by atoms with van der Waals surface area (Å²) in [4.78, 5) is 16.2. The van der Waals surface area contributed by atoms with E-state index in [4.69, 9.17) is 0 Å². The molecule has 1 aliphatic carbocycles. The summed E-state index contributed by atoms with van der Waals surface area (Å²) >= 11 is 0. The Morgan fingerprint density at radius 1 is 1.19 bits per heavy atom. The lowest BCUT2D eigenvalue weighted by atomic mass is 9.76. The van der Waals surface area contributed by atoms with Crippen molar-refractivity contribution in [1.82, 2.24) is 14.1 Å². The molecule has 2 aromatic heterocycles. The Morgan fingerprint density at radius 2 is 2.00 bits per heavy atom. The summed E-state index contributed by atoms with van der Waals surface area (Å²) in [5.41, 5.74) is 2.28. The van der Waals surface area contributed by atoms with Gasteiger partial charge in [-0.3, -0.25) is 4.79 Å². The van der Waals surface area contributed by atoms with E-state index in [2.05, 4.69) is 34.2 Å². The molecule has 0 bridgehead atoms. The van der Waals surface area contributed by atoms with E-state index in [1.54, 1.807) is 0 Å². The van der Waals surface area contributed by atoms with Crippen LogP contribution in [0.5, 0.6) is 0 Å². The highest BCUT2D eigenvalue weighted by atomic mass is 16.1. The van der Waals surface area contributed by atoms with Gasteiger partial charge in [0, 0.05) is 49.4 Å². The van der Waals surface area contributed by atoms with Crippen LogP contribution in [0.25, 0.3) is 0 Å². The van der Waals surface area contributed by atoms with Gasteiger partial charge < -0.3 is 9.13 Å². The van der Waals surface area contributed by atoms with Crippen molar-refractivity contribution in [3.05, 3.63) is 42.2 Å². The zero-order valence-corrected chi connectivity index (χ0v) is 12.9. The average Bonchev–Trinajstić information content (AvgIpc) is 3.03. The number of carbonyl (C=O) groups is 1. The van der Waals surface area contributed by atoms with Gasteiger partial charge in [0.15, 0.2) is 5.78 Å². The fourth-order valence-electron chi connectivity index (χ4n) is 3.21. The van der Waals surface area contributed by atoms with Crippen LogP contribution < -0.4 is 0 Å². The quantitative estimate of drug-likeness (QED) is 0.791. The molecule has 0 atom stereocenters. The van der Waals surface area contributed by atoms with Crippen LogP contribution in [0.2, 0.25) is 0 Å². The molecule has 0 N–H and O–H groups in total. The van der Waals surface area contributed by atoms with Crippen LogP contribution in [0.3, 0.4) is 0 Å². The van der Waals surface area contributed by atoms with Gasteiger partial charge in [-0.15, -0.1) is 0 Å². The maximum atomic E-state index is 12.2. The van der Waals surface area contributed by atoms with Gasteiger partial charge in [0.25, 0.3) is 0 Å². The van der Waals surface area contributed by atoms with E-state index in [0.29, 0.717) is 12.2 Å². The number of hydrogen-bond acceptors (Lipinski definition) is 2. The fourth-order valence-corrected chi connectivity index (χ4v) is 3.21. The van der Waals surface area contributed by atoms with Crippen molar-refractivity contribution in [1.29, 1.82) is 0 Å². The molecule has 4 heteroatoms. The lowest BCUT2D eigenvalue weighted by molar-refractivity contribution is 0.0910. The molecule has 112 valence electrons. The molecule has 0 fully saturated rings. The Hall–Kier alpha value is -1.84. The number of rotatable bonds is 5. The third-order valence-electron chi connectivity index (χ3n) is 4.29. The van der Waals surface area contributed by atoms with Gasteiger partial charge in [0.1, 0.15) is 0 Å². The second kappa shape index (κ2) is 5.51. The highest BCUT2D eigenvalue weighted by Crippen LogP contribution is 2.35. The molecule has 1 aliphatic rings. The van der Waals surface area contributed by atoms with Crippen LogP contribution in [0.15, 0.2) is 31.0 Å². The number of carbonyl (C=O) groups excluding carboxylic acids is 1. The van der Waals surface area contributed by atoms with Gasteiger partial charge in [-0.2, -0.15) is 0 Å². The second-order valence-corrected chi connectivity index (χ2v) is 6.82. The van der Waals surface area contributed by atoms with Crippen LogP contribution in [-0.2, 0) is 19.5 Å². The molecule has 0 unspecified atom stereocenters. The molecule has 0 saturated heterocycles. The van der Waals surface area contributed by atoms with Gasteiger partial charge in [-0.1, -0.05) is 13.8 Å². The maximum absolute atomic E-state index is 12.2. The van der Waals surface area contributed by atoms with E-state index >= 15 is 0 Å². The van der Waals surface area contributed by atoms with E-state index in [9.17, 15) is 4.79 Å². The predicted octanol–water partition coefficient (Wildman–Crippen LogP) is 3.32. The molecule has 4 nitrogen and oxygen atoms in total. The molecule has 0 aromatic carbocycles. The molecule has 21 heavy (non-hydrogen) atoms. The Labute approximate surface area is 125 Å². The van der Waals surface area contributed by atoms with Gasteiger partial charge in [-0.05, 0) is 30.7 Å². The molecule has 0 aliphatic heterocycles. The SMILES string of the molecule is CC1(C)CC(=O)c2ccn(CCCCn3ccnc3)c2C1. The van der Waals surface area contributed by atoms with Gasteiger partial charge in [0.2, 0.25) is 0 Å². The standard InChI is InChI=1S/C17H23N3O/c1-17(2)11-15-14(16(21)12-17)5-9-20(15)8-4-3-7-19-10-6-18-13-19/h5-6,9-10,13H,3-4,7-8,11-12H2,1-2H3. The summed E-state index contributed by atoms with van der Waals surface area (Å²) in [7, 11) is 0. The first-order chi connectivity index (χ1) is 10.1. The summed E-state index contributed by atoms with van der Waals surface area (Å²) in [6, 6.07) is 2.00. The van der Waals surface area contributed by atoms with Crippen molar-refractivity contribution in [2.75, 3.05) is 0 Å². The third-order valence-corrected chi connectivity index (χ3v) is 4.29. The molecular formula is C17H23N3O. The molecule has 2 aromatic rings. The van der Waals surface area contributed by atoms with E-state index in [-0.39, 0.29) is 5.41 Å². The molecular weight excluding hydrogens is 262 g/mol. The summed E-state index contributed by atoms with van der Waals surface area (Å²) in [5, 5.41) is 0. The summed E-state index contributed by atoms with van der Waals surface area (Å²) < 4.78 is 4.39. The molecule has 2 heterocycles. The highest BCUT2D eigenvalue weighted by molar-refractivity contribution is 5.98. The first-order valence-electron chi connectivity index (χ1n) is 7.72. The van der Waals surface area contributed by atoms with Crippen molar-refractivity contribution < 1.29 is 4.79 Å². The van der Waals surface area contributed by atoms with E-state index in [0.717, 1.165) is 37.9 Å². The lowest BCUT2D eigenvalue weighted by Gasteiger charge is -2.29.